The van der Waals surface area contributed by atoms with Crippen LogP contribution in [0.4, 0.5) is 17.6 Å². The van der Waals surface area contributed by atoms with Crippen LogP contribution in [0.25, 0.3) is 0 Å². The summed E-state index contributed by atoms with van der Waals surface area (Å²) in [5, 5.41) is 11.5. The molecule has 1 aliphatic rings. The third kappa shape index (κ3) is 2.42. The van der Waals surface area contributed by atoms with Gasteiger partial charge in [-0.1, -0.05) is 15.9 Å². The predicted octanol–water partition coefficient (Wildman–Crippen LogP) is 2.47. The normalized spacial score (nSPS) is 26.7. The van der Waals surface area contributed by atoms with E-state index in [1.165, 1.54) is 6.07 Å². The number of rotatable bonds is 2. The molecule has 2 rings (SSSR count). The van der Waals surface area contributed by atoms with Gasteiger partial charge >= 0.3 is 6.18 Å². The van der Waals surface area contributed by atoms with Crippen molar-refractivity contribution < 1.29 is 27.5 Å². The van der Waals surface area contributed by atoms with E-state index in [0.717, 1.165) is 12.1 Å². The van der Waals surface area contributed by atoms with Crippen molar-refractivity contribution in [2.24, 2.45) is 5.92 Å². The fourth-order valence-electron chi connectivity index (χ4n) is 2.47. The zero-order chi connectivity index (χ0) is 15.1. The molecule has 20 heavy (non-hydrogen) atoms. The molecule has 0 aliphatic carbocycles. The van der Waals surface area contributed by atoms with Crippen molar-refractivity contribution in [3.8, 4) is 0 Å². The highest BCUT2D eigenvalue weighted by Crippen LogP contribution is 2.47. The summed E-state index contributed by atoms with van der Waals surface area (Å²) in [7, 11) is 0. The van der Waals surface area contributed by atoms with Crippen LogP contribution in [0.1, 0.15) is 12.0 Å². The van der Waals surface area contributed by atoms with Gasteiger partial charge in [0.1, 0.15) is 11.4 Å². The third-order valence-electron chi connectivity index (χ3n) is 3.40. The van der Waals surface area contributed by atoms with E-state index >= 15 is 0 Å². The average Bonchev–Trinajstić information content (AvgIpc) is 2.70. The van der Waals surface area contributed by atoms with Gasteiger partial charge in [-0.15, -0.1) is 0 Å². The lowest BCUT2D eigenvalue weighted by Gasteiger charge is -2.35. The average molecular weight is 356 g/mol. The monoisotopic (exact) mass is 355 g/mol. The molecule has 110 valence electrons. The molecule has 1 heterocycles. The number of halogens is 5. The number of benzene rings is 1. The van der Waals surface area contributed by atoms with Crippen molar-refractivity contribution >= 4 is 21.8 Å². The Hall–Kier alpha value is -1.15. The Morgan fingerprint density at radius 2 is 2.10 bits per heavy atom. The fourth-order valence-corrected chi connectivity index (χ4v) is 2.83. The lowest BCUT2D eigenvalue weighted by atomic mass is 9.79. The molecule has 0 saturated carbocycles. The van der Waals surface area contributed by atoms with E-state index in [1.807, 2.05) is 0 Å². The molecule has 1 aliphatic heterocycles. The van der Waals surface area contributed by atoms with Crippen LogP contribution < -0.4 is 5.32 Å². The topological polar surface area (TPSA) is 49.3 Å². The van der Waals surface area contributed by atoms with Gasteiger partial charge < -0.3 is 10.4 Å². The molecule has 1 saturated heterocycles. The molecular formula is C12H10BrF4NO2. The molecule has 0 bridgehead atoms. The van der Waals surface area contributed by atoms with Gasteiger partial charge in [0.2, 0.25) is 5.91 Å². The van der Waals surface area contributed by atoms with Gasteiger partial charge in [-0.2, -0.15) is 13.2 Å². The molecule has 0 aromatic heterocycles. The zero-order valence-corrected chi connectivity index (χ0v) is 11.6. The second kappa shape index (κ2) is 5.00. The largest absolute Gasteiger partial charge is 0.394 e. The minimum absolute atomic E-state index is 0.351. The molecule has 1 amide bonds. The van der Waals surface area contributed by atoms with Crippen LogP contribution in [0.2, 0.25) is 0 Å². The smallest absolute Gasteiger partial charge is 0.394 e. The predicted molar refractivity (Wildman–Crippen MR) is 65.2 cm³/mol. The van der Waals surface area contributed by atoms with Gasteiger partial charge in [-0.3, -0.25) is 4.79 Å². The number of alkyl halides is 3. The highest BCUT2D eigenvalue weighted by molar-refractivity contribution is 9.10. The fraction of sp³-hybridized carbons (Fsp3) is 0.417. The van der Waals surface area contributed by atoms with E-state index < -0.39 is 42.4 Å². The van der Waals surface area contributed by atoms with Crippen LogP contribution in [0, 0.1) is 11.7 Å². The summed E-state index contributed by atoms with van der Waals surface area (Å²) >= 11 is 3.04. The molecule has 8 heteroatoms. The van der Waals surface area contributed by atoms with E-state index in [0.29, 0.717) is 4.47 Å². The lowest BCUT2D eigenvalue weighted by molar-refractivity contribution is -0.194. The summed E-state index contributed by atoms with van der Waals surface area (Å²) in [6, 6.07) is 3.44. The Morgan fingerprint density at radius 3 is 2.65 bits per heavy atom. The molecule has 0 radical (unpaired) electrons. The Labute approximate surface area is 120 Å². The minimum atomic E-state index is -4.74. The first-order chi connectivity index (χ1) is 9.20. The quantitative estimate of drug-likeness (QED) is 0.800. The first-order valence-corrected chi connectivity index (χ1v) is 6.44. The molecule has 1 unspecified atom stereocenters. The van der Waals surface area contributed by atoms with Crippen molar-refractivity contribution in [2.45, 2.75) is 18.1 Å². The number of amides is 1. The van der Waals surface area contributed by atoms with Gasteiger partial charge in [0.05, 0.1) is 12.5 Å². The highest BCUT2D eigenvalue weighted by Gasteiger charge is 2.60. The summed E-state index contributed by atoms with van der Waals surface area (Å²) in [5.74, 6) is -3.98. The SMILES string of the molecule is O=C1CC(C(F)(F)F)[C@@](CO)(c2cc(Br)ccc2F)N1. The van der Waals surface area contributed by atoms with E-state index in [1.54, 1.807) is 0 Å². The standard InChI is InChI=1S/C12H10BrF4NO2/c13-6-1-2-8(14)7(3-6)11(5-19)9(12(15,16)17)4-10(20)18-11/h1-3,9,19H,4-5H2,(H,18,20)/t9?,11-/m1/s1. The zero-order valence-electron chi connectivity index (χ0n) is 9.97. The first kappa shape index (κ1) is 15.2. The van der Waals surface area contributed by atoms with Crippen molar-refractivity contribution in [1.82, 2.24) is 5.32 Å². The highest BCUT2D eigenvalue weighted by atomic mass is 79.9. The minimum Gasteiger partial charge on any atom is -0.394 e. The molecule has 2 N–H and O–H groups in total. The van der Waals surface area contributed by atoms with Crippen molar-refractivity contribution in [3.63, 3.8) is 0 Å². The van der Waals surface area contributed by atoms with Crippen LogP contribution in [0.15, 0.2) is 22.7 Å². The number of carbonyl (C=O) groups excluding carboxylic acids is 1. The Bertz CT molecular complexity index is 549. The lowest BCUT2D eigenvalue weighted by Crippen LogP contribution is -2.51. The Morgan fingerprint density at radius 1 is 1.45 bits per heavy atom. The number of carbonyl (C=O) groups is 1. The summed E-state index contributed by atoms with van der Waals surface area (Å²) < 4.78 is 53.5. The van der Waals surface area contributed by atoms with E-state index in [9.17, 15) is 27.5 Å². The molecule has 0 spiro atoms. The summed E-state index contributed by atoms with van der Waals surface area (Å²) in [6.07, 6.45) is -5.58. The van der Waals surface area contributed by atoms with Gasteiger partial charge in [0.15, 0.2) is 0 Å². The van der Waals surface area contributed by atoms with Gasteiger partial charge in [0, 0.05) is 16.5 Å². The van der Waals surface area contributed by atoms with E-state index in [4.69, 9.17) is 0 Å². The van der Waals surface area contributed by atoms with Crippen LogP contribution in [-0.4, -0.2) is 23.8 Å². The van der Waals surface area contributed by atoms with Crippen LogP contribution in [0.3, 0.4) is 0 Å². The summed E-state index contributed by atoms with van der Waals surface area (Å²) in [4.78, 5) is 11.4. The first-order valence-electron chi connectivity index (χ1n) is 5.65. The van der Waals surface area contributed by atoms with Gasteiger partial charge in [0.25, 0.3) is 0 Å². The van der Waals surface area contributed by atoms with Gasteiger partial charge in [-0.05, 0) is 18.2 Å². The maximum atomic E-state index is 13.9. The number of nitrogens with one attached hydrogen (secondary N) is 1. The van der Waals surface area contributed by atoms with Crippen LogP contribution >= 0.6 is 15.9 Å². The van der Waals surface area contributed by atoms with Crippen molar-refractivity contribution in [2.75, 3.05) is 6.61 Å². The molecule has 3 nitrogen and oxygen atoms in total. The summed E-state index contributed by atoms with van der Waals surface area (Å²) in [5.41, 5.74) is -2.58. The molecule has 1 aromatic rings. The summed E-state index contributed by atoms with van der Waals surface area (Å²) in [6.45, 7) is -1.05. The molecule has 1 fully saturated rings. The second-order valence-corrected chi connectivity index (χ2v) is 5.52. The van der Waals surface area contributed by atoms with Gasteiger partial charge in [-0.25, -0.2) is 4.39 Å². The number of hydrogen-bond acceptors (Lipinski definition) is 2. The molecule has 1 aromatic carbocycles. The van der Waals surface area contributed by atoms with Crippen molar-refractivity contribution in [1.29, 1.82) is 0 Å². The number of hydrogen-bond donors (Lipinski definition) is 2. The molecular weight excluding hydrogens is 346 g/mol. The second-order valence-electron chi connectivity index (χ2n) is 4.60. The Kier molecular flexibility index (Phi) is 3.81. The Balaban J connectivity index is 2.62. The van der Waals surface area contributed by atoms with Crippen LogP contribution in [-0.2, 0) is 10.3 Å². The number of aliphatic hydroxyl groups excluding tert-OH is 1. The maximum absolute atomic E-state index is 13.9. The maximum Gasteiger partial charge on any atom is 0.394 e. The third-order valence-corrected chi connectivity index (χ3v) is 3.89. The van der Waals surface area contributed by atoms with Crippen LogP contribution in [0.5, 0.6) is 0 Å². The molecule has 2 atom stereocenters. The van der Waals surface area contributed by atoms with E-state index in [2.05, 4.69) is 21.2 Å². The van der Waals surface area contributed by atoms with E-state index in [-0.39, 0.29) is 5.56 Å². The number of aliphatic hydroxyl groups is 1. The van der Waals surface area contributed by atoms with Crippen molar-refractivity contribution in [3.05, 3.63) is 34.1 Å².